The molecule has 0 aliphatic carbocycles. The van der Waals surface area contributed by atoms with Crippen molar-refractivity contribution in [3.8, 4) is 0 Å². The van der Waals surface area contributed by atoms with Crippen molar-refractivity contribution in [3.63, 3.8) is 0 Å². The van der Waals surface area contributed by atoms with E-state index in [2.05, 4.69) is 20.0 Å². The summed E-state index contributed by atoms with van der Waals surface area (Å²) in [6, 6.07) is 0. The minimum atomic E-state index is -0.561. The number of anilines is 1. The predicted octanol–water partition coefficient (Wildman–Crippen LogP) is 2.90. The molecule has 0 aliphatic rings. The highest BCUT2D eigenvalue weighted by Gasteiger charge is 2.19. The van der Waals surface area contributed by atoms with Crippen LogP contribution in [0.3, 0.4) is 0 Å². The van der Waals surface area contributed by atoms with E-state index >= 15 is 0 Å². The molecule has 0 aromatic carbocycles. The van der Waals surface area contributed by atoms with Gasteiger partial charge in [0, 0.05) is 30.4 Å². The lowest BCUT2D eigenvalue weighted by Crippen LogP contribution is -2.28. The van der Waals surface area contributed by atoms with Gasteiger partial charge in [-0.2, -0.15) is 4.37 Å². The van der Waals surface area contributed by atoms with Crippen LogP contribution in [0.2, 0.25) is 0 Å². The van der Waals surface area contributed by atoms with Crippen LogP contribution in [0.25, 0.3) is 0 Å². The summed E-state index contributed by atoms with van der Waals surface area (Å²) in [5, 5.41) is 5.78. The molecular formula is C14H24N4O3S. The summed E-state index contributed by atoms with van der Waals surface area (Å²) in [5.74, 6) is 0.593. The van der Waals surface area contributed by atoms with Gasteiger partial charge in [-0.05, 0) is 27.2 Å². The van der Waals surface area contributed by atoms with Crippen LogP contribution in [-0.2, 0) is 9.53 Å². The van der Waals surface area contributed by atoms with Crippen molar-refractivity contribution in [1.29, 1.82) is 0 Å². The van der Waals surface area contributed by atoms with Gasteiger partial charge < -0.3 is 10.1 Å². The number of nitrogens with one attached hydrogen (secondary N) is 2. The Labute approximate surface area is 135 Å². The SMILES string of the molecule is CCCC(=O)NCC(C)c1nsc(NC(=O)OC(C)(C)C)n1. The van der Waals surface area contributed by atoms with Gasteiger partial charge in [-0.25, -0.2) is 9.78 Å². The van der Waals surface area contributed by atoms with Crippen LogP contribution in [0.15, 0.2) is 0 Å². The third kappa shape index (κ3) is 6.84. The third-order valence-electron chi connectivity index (χ3n) is 2.57. The Bertz CT molecular complexity index is 510. The monoisotopic (exact) mass is 328 g/mol. The van der Waals surface area contributed by atoms with E-state index in [-0.39, 0.29) is 11.8 Å². The van der Waals surface area contributed by atoms with E-state index in [0.717, 1.165) is 18.0 Å². The Balaban J connectivity index is 2.49. The number of hydrogen-bond acceptors (Lipinski definition) is 6. The van der Waals surface area contributed by atoms with Crippen molar-refractivity contribution in [2.45, 2.75) is 59.0 Å². The second kappa shape index (κ2) is 8.07. The topological polar surface area (TPSA) is 93.2 Å². The number of carbonyl (C=O) groups is 2. The maximum atomic E-state index is 11.6. The molecule has 0 spiro atoms. The Hall–Kier alpha value is -1.70. The Morgan fingerprint density at radius 2 is 2.05 bits per heavy atom. The molecule has 0 radical (unpaired) electrons. The van der Waals surface area contributed by atoms with Gasteiger partial charge in [-0.1, -0.05) is 13.8 Å². The highest BCUT2D eigenvalue weighted by molar-refractivity contribution is 7.09. The van der Waals surface area contributed by atoms with Gasteiger partial charge >= 0.3 is 6.09 Å². The Kier molecular flexibility index (Phi) is 6.73. The van der Waals surface area contributed by atoms with E-state index < -0.39 is 11.7 Å². The van der Waals surface area contributed by atoms with Crippen molar-refractivity contribution < 1.29 is 14.3 Å². The molecule has 1 unspecified atom stereocenters. The van der Waals surface area contributed by atoms with E-state index in [0.29, 0.717) is 23.9 Å². The standard InChI is InChI=1S/C14H24N4O3S/c1-6-7-10(19)15-8-9(2)11-16-12(22-18-11)17-13(20)21-14(3,4)5/h9H,6-8H2,1-5H3,(H,15,19)(H,16,17,18,20). The maximum absolute atomic E-state index is 11.6. The van der Waals surface area contributed by atoms with Gasteiger partial charge in [0.2, 0.25) is 11.0 Å². The highest BCUT2D eigenvalue weighted by atomic mass is 32.1. The molecule has 0 fully saturated rings. The predicted molar refractivity (Wildman–Crippen MR) is 86.1 cm³/mol. The van der Waals surface area contributed by atoms with Crippen molar-refractivity contribution in [2.75, 3.05) is 11.9 Å². The van der Waals surface area contributed by atoms with Crippen molar-refractivity contribution >= 4 is 28.7 Å². The van der Waals surface area contributed by atoms with Crippen LogP contribution in [0.5, 0.6) is 0 Å². The molecule has 1 rings (SSSR count). The summed E-state index contributed by atoms with van der Waals surface area (Å²) in [4.78, 5) is 27.3. The quantitative estimate of drug-likeness (QED) is 0.837. The van der Waals surface area contributed by atoms with E-state index in [4.69, 9.17) is 4.74 Å². The summed E-state index contributed by atoms with van der Waals surface area (Å²) in [5.41, 5.74) is -0.561. The molecular weight excluding hydrogens is 304 g/mol. The van der Waals surface area contributed by atoms with Crippen molar-refractivity contribution in [3.05, 3.63) is 5.82 Å². The number of hydrogen-bond donors (Lipinski definition) is 2. The zero-order valence-electron chi connectivity index (χ0n) is 13.7. The summed E-state index contributed by atoms with van der Waals surface area (Å²) < 4.78 is 9.35. The van der Waals surface area contributed by atoms with Crippen molar-refractivity contribution in [2.24, 2.45) is 0 Å². The molecule has 124 valence electrons. The van der Waals surface area contributed by atoms with Gasteiger partial charge in [0.05, 0.1) is 0 Å². The lowest BCUT2D eigenvalue weighted by molar-refractivity contribution is -0.121. The molecule has 1 aromatic heterocycles. The summed E-state index contributed by atoms with van der Waals surface area (Å²) in [7, 11) is 0. The highest BCUT2D eigenvalue weighted by Crippen LogP contribution is 2.18. The maximum Gasteiger partial charge on any atom is 0.414 e. The summed E-state index contributed by atoms with van der Waals surface area (Å²) in [6.45, 7) is 9.73. The first kappa shape index (κ1) is 18.3. The van der Waals surface area contributed by atoms with E-state index in [1.807, 2.05) is 13.8 Å². The van der Waals surface area contributed by atoms with Crippen LogP contribution in [0.1, 0.15) is 59.2 Å². The second-order valence-electron chi connectivity index (χ2n) is 6.04. The number of nitrogens with zero attached hydrogens (tertiary/aromatic N) is 2. The molecule has 0 bridgehead atoms. The smallest absolute Gasteiger partial charge is 0.414 e. The van der Waals surface area contributed by atoms with Crippen LogP contribution >= 0.6 is 11.5 Å². The third-order valence-corrected chi connectivity index (χ3v) is 3.22. The average molecular weight is 328 g/mol. The molecule has 22 heavy (non-hydrogen) atoms. The fourth-order valence-corrected chi connectivity index (χ4v) is 2.21. The lowest BCUT2D eigenvalue weighted by atomic mass is 10.1. The van der Waals surface area contributed by atoms with Crippen LogP contribution in [-0.4, -0.2) is 33.5 Å². The van der Waals surface area contributed by atoms with Crippen LogP contribution in [0.4, 0.5) is 9.93 Å². The average Bonchev–Trinajstić information content (AvgIpc) is 2.82. The molecule has 7 nitrogen and oxygen atoms in total. The van der Waals surface area contributed by atoms with Crippen LogP contribution < -0.4 is 10.6 Å². The fraction of sp³-hybridized carbons (Fsp3) is 0.714. The Morgan fingerprint density at radius 1 is 1.36 bits per heavy atom. The zero-order valence-corrected chi connectivity index (χ0v) is 14.5. The first-order valence-electron chi connectivity index (χ1n) is 7.31. The first-order chi connectivity index (χ1) is 10.2. The number of rotatable bonds is 6. The number of ether oxygens (including phenoxy) is 1. The van der Waals surface area contributed by atoms with Gasteiger partial charge in [-0.15, -0.1) is 0 Å². The molecule has 0 saturated heterocycles. The molecule has 2 amide bonds. The lowest BCUT2D eigenvalue weighted by Gasteiger charge is -2.18. The molecule has 2 N–H and O–H groups in total. The normalized spacial score (nSPS) is 12.6. The molecule has 8 heteroatoms. The van der Waals surface area contributed by atoms with Gasteiger partial charge in [-0.3, -0.25) is 10.1 Å². The zero-order chi connectivity index (χ0) is 16.8. The van der Waals surface area contributed by atoms with E-state index in [1.165, 1.54) is 0 Å². The van der Waals surface area contributed by atoms with Gasteiger partial charge in [0.1, 0.15) is 11.4 Å². The summed E-state index contributed by atoms with van der Waals surface area (Å²) in [6.07, 6.45) is 0.779. The molecule has 1 atom stereocenters. The molecule has 0 saturated carbocycles. The number of aromatic nitrogens is 2. The molecule has 0 aliphatic heterocycles. The second-order valence-corrected chi connectivity index (χ2v) is 6.79. The van der Waals surface area contributed by atoms with E-state index in [9.17, 15) is 9.59 Å². The van der Waals surface area contributed by atoms with Crippen molar-refractivity contribution in [1.82, 2.24) is 14.7 Å². The largest absolute Gasteiger partial charge is 0.444 e. The first-order valence-corrected chi connectivity index (χ1v) is 8.09. The van der Waals surface area contributed by atoms with Crippen LogP contribution in [0, 0.1) is 0 Å². The minimum Gasteiger partial charge on any atom is -0.444 e. The van der Waals surface area contributed by atoms with E-state index in [1.54, 1.807) is 20.8 Å². The molecule has 1 aromatic rings. The minimum absolute atomic E-state index is 0.0220. The van der Waals surface area contributed by atoms with Gasteiger partial charge in [0.25, 0.3) is 0 Å². The molecule has 1 heterocycles. The number of amides is 2. The summed E-state index contributed by atoms with van der Waals surface area (Å²) >= 11 is 1.09. The fourth-order valence-electron chi connectivity index (χ4n) is 1.55. The number of carbonyl (C=O) groups excluding carboxylic acids is 2. The van der Waals surface area contributed by atoms with Gasteiger partial charge in [0.15, 0.2) is 0 Å². The Morgan fingerprint density at radius 3 is 2.64 bits per heavy atom.